The molecule has 3 aliphatic heterocycles. The number of β-amino-alcohol motifs (C(OH)–C–C–N with tert-alkyl or cyclic N) is 1. The normalized spacial score (nSPS) is 40.7. The quantitative estimate of drug-likeness (QED) is 0.618. The fourth-order valence-electron chi connectivity index (χ4n) is 3.57. The maximum Gasteiger partial charge on any atom is 0.237 e. The third kappa shape index (κ3) is 2.53. The molecule has 0 aromatic carbocycles. The number of aliphatic hydroxyl groups is 1. The first kappa shape index (κ1) is 12.4. The largest absolute Gasteiger partial charge is 0.392 e. The van der Waals surface area contributed by atoms with E-state index in [0.29, 0.717) is 25.0 Å². The second kappa shape index (κ2) is 5.15. The van der Waals surface area contributed by atoms with Gasteiger partial charge in [-0.05, 0) is 38.6 Å². The summed E-state index contributed by atoms with van der Waals surface area (Å²) in [6.07, 6.45) is 4.94. The molecule has 3 fully saturated rings. The van der Waals surface area contributed by atoms with E-state index in [4.69, 9.17) is 0 Å². The Labute approximate surface area is 108 Å². The van der Waals surface area contributed by atoms with Crippen molar-refractivity contribution < 1.29 is 9.90 Å². The highest BCUT2D eigenvalue weighted by molar-refractivity contribution is 5.82. The van der Waals surface area contributed by atoms with E-state index in [1.165, 1.54) is 19.4 Å². The summed E-state index contributed by atoms with van der Waals surface area (Å²) >= 11 is 0. The molecule has 3 N–H and O–H groups in total. The van der Waals surface area contributed by atoms with Crippen molar-refractivity contribution in [1.29, 1.82) is 0 Å². The Kier molecular flexibility index (Phi) is 3.54. The van der Waals surface area contributed by atoms with E-state index >= 15 is 0 Å². The SMILES string of the molecule is O=C(NC1CCN2CCCC2C1)C1CC(O)CN1. The molecular formula is C13H23N3O2. The minimum atomic E-state index is -0.363. The van der Waals surface area contributed by atoms with Crippen LogP contribution in [0, 0.1) is 0 Å². The molecule has 1 amide bonds. The Hall–Kier alpha value is -0.650. The van der Waals surface area contributed by atoms with Gasteiger partial charge < -0.3 is 20.6 Å². The highest BCUT2D eigenvalue weighted by Gasteiger charge is 2.34. The van der Waals surface area contributed by atoms with Crippen LogP contribution in [0.1, 0.15) is 32.1 Å². The Morgan fingerprint density at radius 1 is 1.28 bits per heavy atom. The summed E-state index contributed by atoms with van der Waals surface area (Å²) in [5.74, 6) is 0.0722. The molecule has 102 valence electrons. The molecule has 5 nitrogen and oxygen atoms in total. The van der Waals surface area contributed by atoms with Gasteiger partial charge in [0.2, 0.25) is 5.91 Å². The Morgan fingerprint density at radius 2 is 2.17 bits per heavy atom. The highest BCUT2D eigenvalue weighted by Crippen LogP contribution is 2.26. The topological polar surface area (TPSA) is 64.6 Å². The number of carbonyl (C=O) groups excluding carboxylic acids is 1. The van der Waals surface area contributed by atoms with Gasteiger partial charge in [0, 0.05) is 25.2 Å². The summed E-state index contributed by atoms with van der Waals surface area (Å²) in [6, 6.07) is 0.823. The van der Waals surface area contributed by atoms with Crippen molar-refractivity contribution in [3.8, 4) is 0 Å². The number of aliphatic hydroxyl groups excluding tert-OH is 1. The van der Waals surface area contributed by atoms with Crippen LogP contribution in [-0.2, 0) is 4.79 Å². The zero-order chi connectivity index (χ0) is 12.5. The van der Waals surface area contributed by atoms with E-state index in [1.807, 2.05) is 0 Å². The van der Waals surface area contributed by atoms with Crippen molar-refractivity contribution in [2.45, 2.75) is 56.3 Å². The molecule has 5 heteroatoms. The van der Waals surface area contributed by atoms with E-state index in [1.54, 1.807) is 0 Å². The highest BCUT2D eigenvalue weighted by atomic mass is 16.3. The van der Waals surface area contributed by atoms with Gasteiger partial charge >= 0.3 is 0 Å². The first-order chi connectivity index (χ1) is 8.72. The molecule has 0 saturated carbocycles. The summed E-state index contributed by atoms with van der Waals surface area (Å²) in [4.78, 5) is 14.6. The molecule has 0 bridgehead atoms. The van der Waals surface area contributed by atoms with Crippen LogP contribution in [0.2, 0.25) is 0 Å². The summed E-state index contributed by atoms with van der Waals surface area (Å²) in [6.45, 7) is 2.90. The van der Waals surface area contributed by atoms with E-state index in [2.05, 4.69) is 15.5 Å². The van der Waals surface area contributed by atoms with Gasteiger partial charge in [0.1, 0.15) is 0 Å². The fourth-order valence-corrected chi connectivity index (χ4v) is 3.57. The van der Waals surface area contributed by atoms with Gasteiger partial charge in [0.05, 0.1) is 12.1 Å². The van der Waals surface area contributed by atoms with Crippen molar-refractivity contribution in [3.05, 3.63) is 0 Å². The Balaban J connectivity index is 1.49. The zero-order valence-electron chi connectivity index (χ0n) is 10.8. The number of nitrogens with one attached hydrogen (secondary N) is 2. The molecule has 0 radical (unpaired) electrons. The Morgan fingerprint density at radius 3 is 2.94 bits per heavy atom. The van der Waals surface area contributed by atoms with Crippen LogP contribution in [0.15, 0.2) is 0 Å². The molecule has 4 atom stereocenters. The molecule has 18 heavy (non-hydrogen) atoms. The zero-order valence-corrected chi connectivity index (χ0v) is 10.8. The third-order valence-corrected chi connectivity index (χ3v) is 4.59. The maximum absolute atomic E-state index is 12.1. The maximum atomic E-state index is 12.1. The molecule has 3 rings (SSSR count). The van der Waals surface area contributed by atoms with Crippen molar-refractivity contribution >= 4 is 5.91 Å². The number of fused-ring (bicyclic) bond motifs is 1. The number of carbonyl (C=O) groups is 1. The summed E-state index contributed by atoms with van der Waals surface area (Å²) in [5, 5.41) is 15.7. The van der Waals surface area contributed by atoms with E-state index in [0.717, 1.165) is 19.4 Å². The van der Waals surface area contributed by atoms with Gasteiger partial charge in [-0.2, -0.15) is 0 Å². The summed E-state index contributed by atoms with van der Waals surface area (Å²) in [7, 11) is 0. The van der Waals surface area contributed by atoms with Crippen molar-refractivity contribution in [3.63, 3.8) is 0 Å². The molecule has 3 aliphatic rings. The smallest absolute Gasteiger partial charge is 0.237 e. The van der Waals surface area contributed by atoms with Gasteiger partial charge in [-0.3, -0.25) is 4.79 Å². The monoisotopic (exact) mass is 253 g/mol. The van der Waals surface area contributed by atoms with E-state index in [9.17, 15) is 9.90 Å². The summed E-state index contributed by atoms with van der Waals surface area (Å²) in [5.41, 5.74) is 0. The number of nitrogens with zero attached hydrogens (tertiary/aromatic N) is 1. The second-order valence-electron chi connectivity index (χ2n) is 5.91. The van der Waals surface area contributed by atoms with Crippen molar-refractivity contribution in [2.75, 3.05) is 19.6 Å². The first-order valence-corrected chi connectivity index (χ1v) is 7.18. The van der Waals surface area contributed by atoms with Crippen LogP contribution < -0.4 is 10.6 Å². The van der Waals surface area contributed by atoms with Gasteiger partial charge in [-0.25, -0.2) is 0 Å². The van der Waals surface area contributed by atoms with Crippen molar-refractivity contribution in [1.82, 2.24) is 15.5 Å². The van der Waals surface area contributed by atoms with Gasteiger partial charge in [0.25, 0.3) is 0 Å². The second-order valence-corrected chi connectivity index (χ2v) is 5.91. The lowest BCUT2D eigenvalue weighted by molar-refractivity contribution is -0.124. The van der Waals surface area contributed by atoms with Gasteiger partial charge in [-0.15, -0.1) is 0 Å². The van der Waals surface area contributed by atoms with Crippen LogP contribution >= 0.6 is 0 Å². The molecular weight excluding hydrogens is 230 g/mol. The number of rotatable bonds is 2. The standard InChI is InChI=1S/C13H23N3O2/c17-11-7-12(14-8-11)13(18)15-9-3-5-16-4-1-2-10(16)6-9/h9-12,14,17H,1-8H2,(H,15,18). The fraction of sp³-hybridized carbons (Fsp3) is 0.923. The minimum Gasteiger partial charge on any atom is -0.392 e. The van der Waals surface area contributed by atoms with Crippen LogP contribution in [-0.4, -0.2) is 59.8 Å². The van der Waals surface area contributed by atoms with Gasteiger partial charge in [0.15, 0.2) is 0 Å². The van der Waals surface area contributed by atoms with Gasteiger partial charge in [-0.1, -0.05) is 0 Å². The number of hydrogen-bond donors (Lipinski definition) is 3. The molecule has 0 aromatic rings. The van der Waals surface area contributed by atoms with Crippen molar-refractivity contribution in [2.24, 2.45) is 0 Å². The summed E-state index contributed by atoms with van der Waals surface area (Å²) < 4.78 is 0. The lowest BCUT2D eigenvalue weighted by atomic mass is 9.97. The minimum absolute atomic E-state index is 0.0722. The van der Waals surface area contributed by atoms with Crippen LogP contribution in [0.25, 0.3) is 0 Å². The predicted octanol–water partition coefficient (Wildman–Crippen LogP) is -0.548. The number of hydrogen-bond acceptors (Lipinski definition) is 4. The average molecular weight is 253 g/mol. The van der Waals surface area contributed by atoms with Crippen LogP contribution in [0.3, 0.4) is 0 Å². The van der Waals surface area contributed by atoms with Crippen LogP contribution in [0.4, 0.5) is 0 Å². The third-order valence-electron chi connectivity index (χ3n) is 4.59. The van der Waals surface area contributed by atoms with E-state index in [-0.39, 0.29) is 18.1 Å². The molecule has 4 unspecified atom stereocenters. The molecule has 3 heterocycles. The predicted molar refractivity (Wildman–Crippen MR) is 68.2 cm³/mol. The van der Waals surface area contributed by atoms with Crippen LogP contribution in [0.5, 0.6) is 0 Å². The lowest BCUT2D eigenvalue weighted by Gasteiger charge is -2.35. The lowest BCUT2D eigenvalue weighted by Crippen LogP contribution is -2.51. The first-order valence-electron chi connectivity index (χ1n) is 7.18. The molecule has 0 aromatic heterocycles. The number of piperidine rings is 1. The molecule has 0 spiro atoms. The molecule has 0 aliphatic carbocycles. The Bertz CT molecular complexity index is 323. The number of amides is 1. The average Bonchev–Trinajstić information content (AvgIpc) is 2.96. The molecule has 3 saturated heterocycles. The van der Waals surface area contributed by atoms with E-state index < -0.39 is 0 Å².